The van der Waals surface area contributed by atoms with Crippen molar-refractivity contribution in [3.63, 3.8) is 0 Å². The van der Waals surface area contributed by atoms with Crippen molar-refractivity contribution in [2.45, 2.75) is 13.0 Å². The van der Waals surface area contributed by atoms with E-state index in [1.54, 1.807) is 0 Å². The largest absolute Gasteiger partial charge is 0.452 e. The highest BCUT2D eigenvalue weighted by Gasteiger charge is 2.11. The molecule has 5 heteroatoms. The first-order chi connectivity index (χ1) is 8.06. The summed E-state index contributed by atoms with van der Waals surface area (Å²) in [6, 6.07) is 9.71. The maximum absolute atomic E-state index is 5.92. The zero-order chi connectivity index (χ0) is 12.4. The molecule has 1 aromatic carbocycles. The van der Waals surface area contributed by atoms with Gasteiger partial charge in [-0.2, -0.15) is 0 Å². The summed E-state index contributed by atoms with van der Waals surface area (Å²) >= 11 is 11.5. The predicted molar refractivity (Wildman–Crippen MR) is 82.6 cm³/mol. The van der Waals surface area contributed by atoms with Gasteiger partial charge in [-0.05, 0) is 75.8 Å². The van der Waals surface area contributed by atoms with E-state index in [9.17, 15) is 0 Å². The van der Waals surface area contributed by atoms with Crippen LogP contribution in [0.1, 0.15) is 18.7 Å². The summed E-state index contributed by atoms with van der Waals surface area (Å²) in [5.41, 5.74) is 1.05. The molecule has 0 bridgehead atoms. The van der Waals surface area contributed by atoms with Crippen LogP contribution in [0.4, 0.5) is 5.69 Å². The van der Waals surface area contributed by atoms with Gasteiger partial charge in [0.15, 0.2) is 4.67 Å². The molecular formula is C12H10BrClINO. The molecule has 2 rings (SSSR count). The van der Waals surface area contributed by atoms with Gasteiger partial charge in [0, 0.05) is 14.3 Å². The Balaban J connectivity index is 2.15. The molecule has 0 aliphatic carbocycles. The summed E-state index contributed by atoms with van der Waals surface area (Å²) in [5.74, 6) is 0.891. The first-order valence-corrected chi connectivity index (χ1v) is 7.28. The third-order valence-electron chi connectivity index (χ3n) is 2.32. The van der Waals surface area contributed by atoms with Crippen LogP contribution in [0.3, 0.4) is 0 Å². The molecule has 17 heavy (non-hydrogen) atoms. The highest BCUT2D eigenvalue weighted by atomic mass is 127. The molecule has 0 saturated heterocycles. The number of hydrogen-bond acceptors (Lipinski definition) is 2. The van der Waals surface area contributed by atoms with E-state index in [4.69, 9.17) is 16.0 Å². The quantitative estimate of drug-likeness (QED) is 0.658. The Hall–Kier alpha value is -0.200. The predicted octanol–water partition coefficient (Wildman–Crippen LogP) is 5.47. The minimum atomic E-state index is 0.107. The molecule has 2 nitrogen and oxygen atoms in total. The van der Waals surface area contributed by atoms with Crippen LogP contribution in [0.15, 0.2) is 39.4 Å². The molecule has 90 valence electrons. The van der Waals surface area contributed by atoms with Gasteiger partial charge in [-0.15, -0.1) is 0 Å². The van der Waals surface area contributed by atoms with E-state index >= 15 is 0 Å². The lowest BCUT2D eigenvalue weighted by molar-refractivity contribution is 0.471. The van der Waals surface area contributed by atoms with E-state index in [2.05, 4.69) is 50.8 Å². The van der Waals surface area contributed by atoms with Crippen molar-refractivity contribution >= 4 is 55.8 Å². The van der Waals surface area contributed by atoms with Gasteiger partial charge in [0.05, 0.1) is 6.04 Å². The normalized spacial score (nSPS) is 12.5. The summed E-state index contributed by atoms with van der Waals surface area (Å²) < 4.78 is 7.34. The maximum Gasteiger partial charge on any atom is 0.169 e. The summed E-state index contributed by atoms with van der Waals surface area (Å²) in [7, 11) is 0. The highest BCUT2D eigenvalue weighted by Crippen LogP contribution is 2.27. The lowest BCUT2D eigenvalue weighted by Crippen LogP contribution is -2.06. The molecule has 0 radical (unpaired) electrons. The van der Waals surface area contributed by atoms with Gasteiger partial charge >= 0.3 is 0 Å². The lowest BCUT2D eigenvalue weighted by atomic mass is 10.2. The second-order valence-corrected chi connectivity index (χ2v) is 6.01. The zero-order valence-electron chi connectivity index (χ0n) is 9.01. The topological polar surface area (TPSA) is 25.2 Å². The van der Waals surface area contributed by atoms with Crippen molar-refractivity contribution < 1.29 is 4.42 Å². The Morgan fingerprint density at radius 1 is 1.35 bits per heavy atom. The SMILES string of the molecule is CC(Nc1ccc(Cl)cc1I)c1ccc(Br)o1. The van der Waals surface area contributed by atoms with Crippen molar-refractivity contribution in [1.82, 2.24) is 0 Å². The van der Waals surface area contributed by atoms with Crippen LogP contribution in [0, 0.1) is 3.57 Å². The minimum Gasteiger partial charge on any atom is -0.452 e. The van der Waals surface area contributed by atoms with Gasteiger partial charge in [0.2, 0.25) is 0 Å². The number of rotatable bonds is 3. The molecule has 0 amide bonds. The number of benzene rings is 1. The zero-order valence-corrected chi connectivity index (χ0v) is 13.5. The molecule has 2 aromatic rings. The van der Waals surface area contributed by atoms with Gasteiger partial charge in [-0.1, -0.05) is 11.6 Å². The first kappa shape index (κ1) is 13.2. The Kier molecular flexibility index (Phi) is 4.38. The molecular weight excluding hydrogens is 416 g/mol. The number of anilines is 1. The molecule has 1 unspecified atom stereocenters. The Bertz CT molecular complexity index is 529. The second kappa shape index (κ2) is 5.63. The Morgan fingerprint density at radius 3 is 2.71 bits per heavy atom. The Labute approximate surface area is 127 Å². The summed E-state index contributed by atoms with van der Waals surface area (Å²) in [6.45, 7) is 2.05. The Morgan fingerprint density at radius 2 is 2.12 bits per heavy atom. The molecule has 1 atom stereocenters. The van der Waals surface area contributed by atoms with Gasteiger partial charge < -0.3 is 9.73 Å². The summed E-state index contributed by atoms with van der Waals surface area (Å²) in [5, 5.41) is 4.13. The number of hydrogen-bond donors (Lipinski definition) is 1. The van der Waals surface area contributed by atoms with Crippen molar-refractivity contribution in [2.75, 3.05) is 5.32 Å². The van der Waals surface area contributed by atoms with Gasteiger partial charge in [0.1, 0.15) is 5.76 Å². The average Bonchev–Trinajstić information content (AvgIpc) is 2.69. The van der Waals surface area contributed by atoms with Crippen molar-refractivity contribution in [3.8, 4) is 0 Å². The monoisotopic (exact) mass is 425 g/mol. The smallest absolute Gasteiger partial charge is 0.169 e. The molecule has 0 spiro atoms. The van der Waals surface area contributed by atoms with E-state index in [1.165, 1.54) is 0 Å². The molecule has 0 aliphatic rings. The van der Waals surface area contributed by atoms with Crippen LogP contribution >= 0.6 is 50.1 Å². The van der Waals surface area contributed by atoms with E-state index in [0.717, 1.165) is 24.7 Å². The molecule has 0 fully saturated rings. The fourth-order valence-corrected chi connectivity index (χ4v) is 2.82. The summed E-state index contributed by atoms with van der Waals surface area (Å²) in [6.07, 6.45) is 0. The number of halogens is 3. The number of furan rings is 1. The van der Waals surface area contributed by atoms with Crippen LogP contribution < -0.4 is 5.32 Å². The third-order valence-corrected chi connectivity index (χ3v) is 3.88. The minimum absolute atomic E-state index is 0.107. The van der Waals surface area contributed by atoms with Crippen LogP contribution in [-0.2, 0) is 0 Å². The molecule has 1 aromatic heterocycles. The van der Waals surface area contributed by atoms with Crippen molar-refractivity contribution in [1.29, 1.82) is 0 Å². The fourth-order valence-electron chi connectivity index (χ4n) is 1.47. The van der Waals surface area contributed by atoms with Crippen LogP contribution in [0.5, 0.6) is 0 Å². The average molecular weight is 426 g/mol. The van der Waals surface area contributed by atoms with Gasteiger partial charge in [-0.25, -0.2) is 0 Å². The van der Waals surface area contributed by atoms with Crippen LogP contribution in [-0.4, -0.2) is 0 Å². The highest BCUT2D eigenvalue weighted by molar-refractivity contribution is 14.1. The first-order valence-electron chi connectivity index (χ1n) is 5.03. The lowest BCUT2D eigenvalue weighted by Gasteiger charge is -2.14. The second-order valence-electron chi connectivity index (χ2n) is 3.63. The standard InChI is InChI=1S/C12H10BrClINO/c1-7(11-4-5-12(13)17-11)16-10-3-2-8(14)6-9(10)15/h2-7,16H,1H3. The summed E-state index contributed by atoms with van der Waals surface area (Å²) in [4.78, 5) is 0. The number of nitrogens with one attached hydrogen (secondary N) is 1. The molecule has 0 aliphatic heterocycles. The fraction of sp³-hybridized carbons (Fsp3) is 0.167. The molecule has 0 saturated carbocycles. The maximum atomic E-state index is 5.92. The molecule has 1 heterocycles. The van der Waals surface area contributed by atoms with Crippen molar-refractivity contribution in [2.24, 2.45) is 0 Å². The van der Waals surface area contributed by atoms with Gasteiger partial charge in [-0.3, -0.25) is 0 Å². The van der Waals surface area contributed by atoms with Gasteiger partial charge in [0.25, 0.3) is 0 Å². The van der Waals surface area contributed by atoms with E-state index in [1.807, 2.05) is 30.3 Å². The van der Waals surface area contributed by atoms with E-state index < -0.39 is 0 Å². The van der Waals surface area contributed by atoms with Crippen LogP contribution in [0.25, 0.3) is 0 Å². The van der Waals surface area contributed by atoms with Crippen LogP contribution in [0.2, 0.25) is 5.02 Å². The molecule has 1 N–H and O–H groups in total. The van der Waals surface area contributed by atoms with E-state index in [0.29, 0.717) is 0 Å². The van der Waals surface area contributed by atoms with Crippen molar-refractivity contribution in [3.05, 3.63) is 49.4 Å². The van der Waals surface area contributed by atoms with E-state index in [-0.39, 0.29) is 6.04 Å². The third kappa shape index (κ3) is 3.39.